The molecular formula is C13H12F3N3O. The molecule has 1 N–H and O–H groups in total. The Labute approximate surface area is 113 Å². The number of halogens is 3. The van der Waals surface area contributed by atoms with Crippen LogP contribution in [0.5, 0.6) is 0 Å². The maximum Gasteiger partial charge on any atom is 0.396 e. The second-order valence-electron chi connectivity index (χ2n) is 4.75. The highest BCUT2D eigenvalue weighted by Gasteiger charge is 2.32. The van der Waals surface area contributed by atoms with E-state index in [9.17, 15) is 13.2 Å². The molecule has 0 saturated heterocycles. The van der Waals surface area contributed by atoms with Crippen LogP contribution in [0, 0.1) is 0 Å². The van der Waals surface area contributed by atoms with Crippen LogP contribution in [0.4, 0.5) is 13.2 Å². The largest absolute Gasteiger partial charge is 0.396 e. The number of nitrogens with zero attached hydrogens (tertiary/aromatic N) is 2. The van der Waals surface area contributed by atoms with Gasteiger partial charge in [-0.1, -0.05) is 29.4 Å². The van der Waals surface area contributed by atoms with E-state index < -0.39 is 12.6 Å². The Kier molecular flexibility index (Phi) is 3.21. The molecule has 7 heteroatoms. The summed E-state index contributed by atoms with van der Waals surface area (Å²) in [5, 5.41) is 6.58. The van der Waals surface area contributed by atoms with E-state index >= 15 is 0 Å². The molecule has 0 radical (unpaired) electrons. The monoisotopic (exact) mass is 283 g/mol. The highest BCUT2D eigenvalue weighted by molar-refractivity contribution is 5.30. The van der Waals surface area contributed by atoms with Crippen LogP contribution < -0.4 is 5.32 Å². The van der Waals surface area contributed by atoms with E-state index in [0.29, 0.717) is 13.0 Å². The van der Waals surface area contributed by atoms with E-state index in [1.54, 1.807) is 0 Å². The number of fused-ring (bicyclic) bond motifs is 1. The molecule has 20 heavy (non-hydrogen) atoms. The molecule has 0 bridgehead atoms. The van der Waals surface area contributed by atoms with Crippen molar-refractivity contribution in [2.75, 3.05) is 0 Å². The van der Waals surface area contributed by atoms with E-state index in [4.69, 9.17) is 4.52 Å². The molecule has 0 amide bonds. The van der Waals surface area contributed by atoms with Gasteiger partial charge in [0.2, 0.25) is 5.89 Å². The molecule has 106 valence electrons. The highest BCUT2D eigenvalue weighted by atomic mass is 19.4. The Morgan fingerprint density at radius 3 is 2.75 bits per heavy atom. The van der Waals surface area contributed by atoms with E-state index in [2.05, 4.69) is 15.5 Å². The first-order valence-corrected chi connectivity index (χ1v) is 6.21. The van der Waals surface area contributed by atoms with Crippen molar-refractivity contribution >= 4 is 0 Å². The smallest absolute Gasteiger partial charge is 0.338 e. The number of aromatic nitrogens is 2. The third-order valence-electron chi connectivity index (χ3n) is 3.22. The molecule has 2 aromatic rings. The zero-order chi connectivity index (χ0) is 14.2. The summed E-state index contributed by atoms with van der Waals surface area (Å²) in [6.45, 7) is 0.637. The van der Waals surface area contributed by atoms with Gasteiger partial charge in [-0.25, -0.2) is 0 Å². The van der Waals surface area contributed by atoms with Gasteiger partial charge < -0.3 is 9.84 Å². The normalized spacial score (nSPS) is 18.9. The minimum absolute atomic E-state index is 0.207. The molecule has 1 aliphatic heterocycles. The molecule has 1 aromatic heterocycles. The fourth-order valence-electron chi connectivity index (χ4n) is 2.29. The van der Waals surface area contributed by atoms with Gasteiger partial charge in [0, 0.05) is 6.54 Å². The lowest BCUT2D eigenvalue weighted by molar-refractivity contribution is -0.128. The van der Waals surface area contributed by atoms with E-state index in [1.807, 2.05) is 24.3 Å². The van der Waals surface area contributed by atoms with Gasteiger partial charge in [-0.15, -0.1) is 0 Å². The first-order chi connectivity index (χ1) is 9.51. The summed E-state index contributed by atoms with van der Waals surface area (Å²) in [5.41, 5.74) is 2.32. The summed E-state index contributed by atoms with van der Waals surface area (Å²) in [7, 11) is 0. The molecular weight excluding hydrogens is 271 g/mol. The van der Waals surface area contributed by atoms with Gasteiger partial charge >= 0.3 is 6.18 Å². The van der Waals surface area contributed by atoms with Crippen molar-refractivity contribution in [2.24, 2.45) is 0 Å². The van der Waals surface area contributed by atoms with E-state index in [0.717, 1.165) is 5.56 Å². The van der Waals surface area contributed by atoms with Crippen molar-refractivity contribution < 1.29 is 17.7 Å². The van der Waals surface area contributed by atoms with Gasteiger partial charge in [-0.2, -0.15) is 18.2 Å². The van der Waals surface area contributed by atoms with Crippen molar-refractivity contribution in [2.45, 2.75) is 31.6 Å². The average molecular weight is 283 g/mol. The van der Waals surface area contributed by atoms with Gasteiger partial charge in [0.25, 0.3) is 0 Å². The Bertz CT molecular complexity index is 609. The van der Waals surface area contributed by atoms with Crippen LogP contribution in [0.2, 0.25) is 0 Å². The SMILES string of the molecule is FC(F)(F)Cc1noc(C2Cc3ccccc3CN2)n1. The molecule has 1 aliphatic rings. The Hall–Kier alpha value is -1.89. The summed E-state index contributed by atoms with van der Waals surface area (Å²) in [6.07, 6.45) is -4.86. The maximum absolute atomic E-state index is 12.3. The fourth-order valence-corrected chi connectivity index (χ4v) is 2.29. The Balaban J connectivity index is 1.75. The summed E-state index contributed by atoms with van der Waals surface area (Å²) >= 11 is 0. The Morgan fingerprint density at radius 2 is 2.00 bits per heavy atom. The van der Waals surface area contributed by atoms with Crippen LogP contribution in [-0.4, -0.2) is 16.3 Å². The molecule has 0 saturated carbocycles. The summed E-state index contributed by atoms with van der Waals surface area (Å²) in [6, 6.07) is 7.66. The van der Waals surface area contributed by atoms with E-state index in [1.165, 1.54) is 5.56 Å². The standard InChI is InChI=1S/C13H12F3N3O/c14-13(15,16)6-11-18-12(20-19-11)10-5-8-3-1-2-4-9(8)7-17-10/h1-4,10,17H,5-7H2. The van der Waals surface area contributed by atoms with Crippen molar-refractivity contribution in [3.63, 3.8) is 0 Å². The van der Waals surface area contributed by atoms with Gasteiger partial charge in [0.1, 0.15) is 6.42 Å². The second-order valence-corrected chi connectivity index (χ2v) is 4.75. The lowest BCUT2D eigenvalue weighted by atomic mass is 9.96. The molecule has 0 aliphatic carbocycles. The predicted octanol–water partition coefficient (Wildman–Crippen LogP) is 2.56. The summed E-state index contributed by atoms with van der Waals surface area (Å²) in [4.78, 5) is 3.83. The highest BCUT2D eigenvalue weighted by Crippen LogP contribution is 2.26. The third kappa shape index (κ3) is 2.82. The van der Waals surface area contributed by atoms with Gasteiger partial charge in [0.05, 0.1) is 6.04 Å². The van der Waals surface area contributed by atoms with Crippen molar-refractivity contribution in [3.05, 3.63) is 47.1 Å². The van der Waals surface area contributed by atoms with Crippen LogP contribution in [0.1, 0.15) is 28.9 Å². The van der Waals surface area contributed by atoms with Crippen molar-refractivity contribution in [1.29, 1.82) is 0 Å². The molecule has 0 spiro atoms. The number of alkyl halides is 3. The van der Waals surface area contributed by atoms with Gasteiger partial charge in [-0.3, -0.25) is 0 Å². The lowest BCUT2D eigenvalue weighted by Crippen LogP contribution is -2.28. The molecule has 0 fully saturated rings. The summed E-state index contributed by atoms with van der Waals surface area (Å²) < 4.78 is 41.7. The Morgan fingerprint density at radius 1 is 1.25 bits per heavy atom. The number of rotatable bonds is 2. The van der Waals surface area contributed by atoms with Crippen LogP contribution in [0.15, 0.2) is 28.8 Å². The van der Waals surface area contributed by atoms with Gasteiger partial charge in [0.15, 0.2) is 5.82 Å². The average Bonchev–Trinajstić information content (AvgIpc) is 2.84. The van der Waals surface area contributed by atoms with Crippen molar-refractivity contribution in [3.8, 4) is 0 Å². The number of benzene rings is 1. The topological polar surface area (TPSA) is 51.0 Å². The van der Waals surface area contributed by atoms with E-state index in [-0.39, 0.29) is 17.8 Å². The molecule has 1 unspecified atom stereocenters. The molecule has 4 nitrogen and oxygen atoms in total. The zero-order valence-corrected chi connectivity index (χ0v) is 10.4. The number of hydrogen-bond acceptors (Lipinski definition) is 4. The molecule has 3 rings (SSSR count). The third-order valence-corrected chi connectivity index (χ3v) is 3.22. The second kappa shape index (κ2) is 4.90. The predicted molar refractivity (Wildman–Crippen MR) is 63.8 cm³/mol. The van der Waals surface area contributed by atoms with Gasteiger partial charge in [-0.05, 0) is 17.5 Å². The van der Waals surface area contributed by atoms with Crippen molar-refractivity contribution in [1.82, 2.24) is 15.5 Å². The lowest BCUT2D eigenvalue weighted by Gasteiger charge is -2.23. The minimum atomic E-state index is -4.33. The first-order valence-electron chi connectivity index (χ1n) is 6.21. The number of nitrogens with one attached hydrogen (secondary N) is 1. The first kappa shape index (κ1) is 13.1. The fraction of sp³-hybridized carbons (Fsp3) is 0.385. The van der Waals surface area contributed by atoms with Crippen LogP contribution >= 0.6 is 0 Å². The quantitative estimate of drug-likeness (QED) is 0.920. The van der Waals surface area contributed by atoms with Crippen LogP contribution in [0.25, 0.3) is 0 Å². The molecule has 1 aromatic carbocycles. The molecule has 1 atom stereocenters. The van der Waals surface area contributed by atoms with Crippen LogP contribution in [-0.2, 0) is 19.4 Å². The number of hydrogen-bond donors (Lipinski definition) is 1. The maximum atomic E-state index is 12.3. The zero-order valence-electron chi connectivity index (χ0n) is 10.4. The molecule has 2 heterocycles. The van der Waals surface area contributed by atoms with Crippen LogP contribution in [0.3, 0.4) is 0 Å². The minimum Gasteiger partial charge on any atom is -0.338 e. The summed E-state index contributed by atoms with van der Waals surface area (Å²) in [5.74, 6) is -0.119.